The smallest absolute Gasteiger partial charge is 0.315 e. The van der Waals surface area contributed by atoms with Gasteiger partial charge in [0.2, 0.25) is 0 Å². The van der Waals surface area contributed by atoms with E-state index in [2.05, 4.69) is 11.6 Å². The van der Waals surface area contributed by atoms with Gasteiger partial charge in [-0.05, 0) is 30.3 Å². The minimum absolute atomic E-state index is 0.170. The molecule has 2 aromatic heterocycles. The van der Waals surface area contributed by atoms with Gasteiger partial charge < -0.3 is 8.98 Å². The number of aromatic nitrogens is 1. The number of halogens is 1. The Kier molecular flexibility index (Phi) is 3.53. The fraction of sp³-hybridized carbons (Fsp3) is 0.0667. The van der Waals surface area contributed by atoms with E-state index in [1.165, 1.54) is 29.7 Å². The van der Waals surface area contributed by atoms with Crippen LogP contribution in [0.5, 0.6) is 0 Å². The number of carbonyl (C=O) groups excluding carboxylic acids is 1. The molecule has 3 aromatic rings. The topological polar surface area (TPSA) is 47.5 Å². The van der Waals surface area contributed by atoms with Crippen LogP contribution in [0.25, 0.3) is 10.2 Å². The highest BCUT2D eigenvalue weighted by atomic mass is 32.1. The van der Waals surface area contributed by atoms with Gasteiger partial charge in [0.25, 0.3) is 0 Å². The lowest BCUT2D eigenvalue weighted by atomic mass is 10.3. The normalized spacial score (nSPS) is 12.0. The fourth-order valence-corrected chi connectivity index (χ4v) is 3.04. The molecular formula is C15H11FN2O2S. The number of rotatable bonds is 3. The van der Waals surface area contributed by atoms with Gasteiger partial charge in [-0.25, -0.2) is 4.39 Å². The van der Waals surface area contributed by atoms with Crippen molar-refractivity contribution in [3.8, 4) is 0 Å². The van der Waals surface area contributed by atoms with Gasteiger partial charge in [-0.3, -0.25) is 4.79 Å². The highest BCUT2D eigenvalue weighted by Crippen LogP contribution is 2.18. The minimum atomic E-state index is -0.468. The summed E-state index contributed by atoms with van der Waals surface area (Å²) in [6.07, 6.45) is 3.12. The lowest BCUT2D eigenvalue weighted by Gasteiger charge is -2.00. The Morgan fingerprint density at radius 3 is 3.05 bits per heavy atom. The van der Waals surface area contributed by atoms with Crippen molar-refractivity contribution in [2.24, 2.45) is 4.99 Å². The second-order valence-corrected chi connectivity index (χ2v) is 5.30. The molecule has 0 saturated heterocycles. The van der Waals surface area contributed by atoms with Crippen LogP contribution in [-0.2, 0) is 6.54 Å². The molecule has 4 nitrogen and oxygen atoms in total. The number of allylic oxidation sites excluding steroid dienone is 1. The van der Waals surface area contributed by atoms with Crippen LogP contribution in [0.15, 0.2) is 58.7 Å². The van der Waals surface area contributed by atoms with Gasteiger partial charge in [-0.2, -0.15) is 4.99 Å². The molecule has 0 bridgehead atoms. The molecule has 0 aliphatic heterocycles. The number of fused-ring (bicyclic) bond motifs is 1. The van der Waals surface area contributed by atoms with Crippen molar-refractivity contribution in [2.45, 2.75) is 6.54 Å². The van der Waals surface area contributed by atoms with Crippen molar-refractivity contribution in [1.29, 1.82) is 0 Å². The summed E-state index contributed by atoms with van der Waals surface area (Å²) in [5.41, 5.74) is 0.812. The van der Waals surface area contributed by atoms with Gasteiger partial charge in [0.1, 0.15) is 5.82 Å². The molecule has 0 unspecified atom stereocenters. The van der Waals surface area contributed by atoms with Gasteiger partial charge in [-0.1, -0.05) is 17.4 Å². The third-order valence-corrected chi connectivity index (χ3v) is 3.93. The molecule has 21 heavy (non-hydrogen) atoms. The largest absolute Gasteiger partial charge is 0.459 e. The van der Waals surface area contributed by atoms with E-state index in [1.54, 1.807) is 24.3 Å². The Bertz CT molecular complexity index is 875. The van der Waals surface area contributed by atoms with Crippen LogP contribution in [0.2, 0.25) is 0 Å². The van der Waals surface area contributed by atoms with Gasteiger partial charge in [-0.15, -0.1) is 6.58 Å². The molecule has 0 atom stereocenters. The molecule has 0 aliphatic carbocycles. The lowest BCUT2D eigenvalue weighted by Crippen LogP contribution is -2.16. The number of nitrogens with zero attached hydrogens (tertiary/aromatic N) is 2. The molecular weight excluding hydrogens is 291 g/mol. The maximum absolute atomic E-state index is 13.3. The molecule has 6 heteroatoms. The third-order valence-electron chi connectivity index (χ3n) is 2.89. The number of amides is 1. The molecule has 0 fully saturated rings. The number of furan rings is 1. The minimum Gasteiger partial charge on any atom is -0.459 e. The van der Waals surface area contributed by atoms with Gasteiger partial charge in [0.05, 0.1) is 16.5 Å². The molecule has 0 radical (unpaired) electrons. The van der Waals surface area contributed by atoms with Crippen molar-refractivity contribution in [2.75, 3.05) is 0 Å². The van der Waals surface area contributed by atoms with Gasteiger partial charge in [0.15, 0.2) is 10.6 Å². The van der Waals surface area contributed by atoms with Crippen molar-refractivity contribution >= 4 is 27.5 Å². The number of hydrogen-bond donors (Lipinski definition) is 0. The zero-order valence-electron chi connectivity index (χ0n) is 11.0. The Morgan fingerprint density at radius 1 is 1.48 bits per heavy atom. The molecule has 106 valence electrons. The summed E-state index contributed by atoms with van der Waals surface area (Å²) < 4.78 is 20.9. The van der Waals surface area contributed by atoms with E-state index in [1.807, 2.05) is 4.57 Å². The predicted octanol–water partition coefficient (Wildman–Crippen LogP) is 3.36. The SMILES string of the molecule is C=CCn1c(=NC(=O)c2ccco2)sc2cc(F)ccc21. The van der Waals surface area contributed by atoms with Crippen molar-refractivity contribution < 1.29 is 13.6 Å². The molecule has 0 spiro atoms. The Hall–Kier alpha value is -2.47. The predicted molar refractivity (Wildman–Crippen MR) is 78.6 cm³/mol. The zero-order chi connectivity index (χ0) is 14.8. The van der Waals surface area contributed by atoms with Crippen LogP contribution in [0, 0.1) is 5.82 Å². The second-order valence-electron chi connectivity index (χ2n) is 4.29. The first-order valence-electron chi connectivity index (χ1n) is 6.21. The average Bonchev–Trinajstić information content (AvgIpc) is 3.08. The number of carbonyl (C=O) groups is 1. The van der Waals surface area contributed by atoms with Crippen LogP contribution < -0.4 is 4.80 Å². The summed E-state index contributed by atoms with van der Waals surface area (Å²) in [6.45, 7) is 4.18. The summed E-state index contributed by atoms with van der Waals surface area (Å²) in [5, 5.41) is 0. The summed E-state index contributed by atoms with van der Waals surface area (Å²) in [6, 6.07) is 7.65. The van der Waals surface area contributed by atoms with Crippen LogP contribution >= 0.6 is 11.3 Å². The van der Waals surface area contributed by atoms with Crippen LogP contribution in [0.1, 0.15) is 10.6 Å². The van der Waals surface area contributed by atoms with E-state index in [9.17, 15) is 9.18 Å². The fourth-order valence-electron chi connectivity index (χ4n) is 1.98. The maximum Gasteiger partial charge on any atom is 0.315 e. The summed E-state index contributed by atoms with van der Waals surface area (Å²) >= 11 is 1.25. The van der Waals surface area contributed by atoms with Crippen LogP contribution in [0.4, 0.5) is 4.39 Å². The standard InChI is InChI=1S/C15H11FN2O2S/c1-2-7-18-11-6-5-10(16)9-13(11)21-15(18)17-14(19)12-4-3-8-20-12/h2-6,8-9H,1,7H2. The van der Waals surface area contributed by atoms with E-state index in [4.69, 9.17) is 4.42 Å². The molecule has 2 heterocycles. The number of thiazole rings is 1. The van der Waals surface area contributed by atoms with Crippen LogP contribution in [0.3, 0.4) is 0 Å². The monoisotopic (exact) mass is 302 g/mol. The average molecular weight is 302 g/mol. The molecule has 0 N–H and O–H groups in total. The second kappa shape index (κ2) is 5.49. The first-order chi connectivity index (χ1) is 10.2. The number of benzene rings is 1. The first kappa shape index (κ1) is 13.5. The van der Waals surface area contributed by atoms with E-state index in [-0.39, 0.29) is 11.6 Å². The highest BCUT2D eigenvalue weighted by Gasteiger charge is 2.10. The zero-order valence-corrected chi connectivity index (χ0v) is 11.8. The quantitative estimate of drug-likeness (QED) is 0.696. The lowest BCUT2D eigenvalue weighted by molar-refractivity contribution is 0.0971. The van der Waals surface area contributed by atoms with Gasteiger partial charge in [0, 0.05) is 6.54 Å². The van der Waals surface area contributed by atoms with E-state index in [0.29, 0.717) is 11.3 Å². The Morgan fingerprint density at radius 2 is 2.33 bits per heavy atom. The number of hydrogen-bond acceptors (Lipinski definition) is 3. The first-order valence-corrected chi connectivity index (χ1v) is 7.03. The van der Waals surface area contributed by atoms with E-state index >= 15 is 0 Å². The third kappa shape index (κ3) is 2.57. The van der Waals surface area contributed by atoms with Crippen molar-refractivity contribution in [3.63, 3.8) is 0 Å². The maximum atomic E-state index is 13.3. The molecule has 1 aromatic carbocycles. The van der Waals surface area contributed by atoms with E-state index < -0.39 is 5.91 Å². The van der Waals surface area contributed by atoms with Crippen molar-refractivity contribution in [3.05, 3.63) is 65.6 Å². The molecule has 1 amide bonds. The van der Waals surface area contributed by atoms with Crippen molar-refractivity contribution in [1.82, 2.24) is 4.57 Å². The molecule has 0 saturated carbocycles. The highest BCUT2D eigenvalue weighted by molar-refractivity contribution is 7.16. The summed E-state index contributed by atoms with van der Waals surface area (Å²) in [5.74, 6) is -0.618. The Balaban J connectivity index is 2.19. The molecule has 3 rings (SSSR count). The summed E-state index contributed by atoms with van der Waals surface area (Å²) in [4.78, 5) is 16.6. The molecule has 0 aliphatic rings. The van der Waals surface area contributed by atoms with Crippen LogP contribution in [-0.4, -0.2) is 10.5 Å². The summed E-state index contributed by atoms with van der Waals surface area (Å²) in [7, 11) is 0. The Labute approximate surface area is 123 Å². The van der Waals surface area contributed by atoms with E-state index in [0.717, 1.165) is 10.2 Å². The van der Waals surface area contributed by atoms with Gasteiger partial charge >= 0.3 is 5.91 Å².